The van der Waals surface area contributed by atoms with E-state index in [-0.39, 0.29) is 30.1 Å². The van der Waals surface area contributed by atoms with Crippen LogP contribution >= 0.6 is 15.9 Å². The Kier molecular flexibility index (Phi) is 8.66. The summed E-state index contributed by atoms with van der Waals surface area (Å²) in [6.07, 6.45) is 1.18. The molecule has 2 amide bonds. The van der Waals surface area contributed by atoms with E-state index in [4.69, 9.17) is 0 Å². The number of rotatable bonds is 8. The van der Waals surface area contributed by atoms with E-state index < -0.39 is 0 Å². The maximum atomic E-state index is 11.5. The Labute approximate surface area is 110 Å². The standard InChI is InChI=1S/C11H19BrN2O3/c1-3-10(16)14-7-8(11(17)13-2)4-5-9(15)6-12/h8H,3-7H2,1-2H3,(H,13,17)(H,14,16). The number of carbonyl (C=O) groups excluding carboxylic acids is 3. The molecular weight excluding hydrogens is 288 g/mol. The zero-order valence-corrected chi connectivity index (χ0v) is 11.8. The van der Waals surface area contributed by atoms with Crippen LogP contribution in [0.1, 0.15) is 26.2 Å². The third kappa shape index (κ3) is 7.10. The van der Waals surface area contributed by atoms with Crippen molar-refractivity contribution < 1.29 is 14.4 Å². The number of hydrogen-bond acceptors (Lipinski definition) is 3. The van der Waals surface area contributed by atoms with Gasteiger partial charge in [-0.05, 0) is 6.42 Å². The molecule has 5 nitrogen and oxygen atoms in total. The van der Waals surface area contributed by atoms with Crippen LogP contribution in [0.5, 0.6) is 0 Å². The number of amides is 2. The normalized spacial score (nSPS) is 11.7. The lowest BCUT2D eigenvalue weighted by molar-refractivity contribution is -0.125. The molecule has 0 aromatic heterocycles. The molecule has 0 radical (unpaired) electrons. The quantitative estimate of drug-likeness (QED) is 0.646. The predicted molar refractivity (Wildman–Crippen MR) is 68.9 cm³/mol. The lowest BCUT2D eigenvalue weighted by Crippen LogP contribution is -2.37. The summed E-state index contributed by atoms with van der Waals surface area (Å²) in [5.74, 6) is -0.534. The minimum absolute atomic E-state index is 0.0562. The second-order valence-electron chi connectivity index (χ2n) is 3.68. The zero-order chi connectivity index (χ0) is 13.3. The fourth-order valence-corrected chi connectivity index (χ4v) is 1.57. The fraction of sp³-hybridized carbons (Fsp3) is 0.727. The van der Waals surface area contributed by atoms with Crippen molar-refractivity contribution in [2.75, 3.05) is 18.9 Å². The van der Waals surface area contributed by atoms with Crippen molar-refractivity contribution >= 4 is 33.5 Å². The lowest BCUT2D eigenvalue weighted by atomic mass is 10.0. The van der Waals surface area contributed by atoms with Crippen LogP contribution in [0.25, 0.3) is 0 Å². The fourth-order valence-electron chi connectivity index (χ4n) is 1.29. The Morgan fingerprint density at radius 3 is 2.41 bits per heavy atom. The molecule has 0 aliphatic rings. The van der Waals surface area contributed by atoms with Gasteiger partial charge >= 0.3 is 0 Å². The van der Waals surface area contributed by atoms with Gasteiger partial charge in [-0.15, -0.1) is 0 Å². The minimum Gasteiger partial charge on any atom is -0.359 e. The zero-order valence-electron chi connectivity index (χ0n) is 10.2. The molecule has 98 valence electrons. The number of nitrogens with one attached hydrogen (secondary N) is 2. The third-order valence-corrected chi connectivity index (χ3v) is 3.03. The van der Waals surface area contributed by atoms with E-state index in [1.165, 1.54) is 0 Å². The van der Waals surface area contributed by atoms with Crippen LogP contribution in [-0.4, -0.2) is 36.5 Å². The summed E-state index contributed by atoms with van der Waals surface area (Å²) in [7, 11) is 1.54. The first-order valence-electron chi connectivity index (χ1n) is 5.61. The lowest BCUT2D eigenvalue weighted by Gasteiger charge is -2.15. The summed E-state index contributed by atoms with van der Waals surface area (Å²) in [4.78, 5) is 33.8. The smallest absolute Gasteiger partial charge is 0.224 e. The van der Waals surface area contributed by atoms with E-state index in [0.717, 1.165) is 0 Å². The molecule has 0 heterocycles. The van der Waals surface area contributed by atoms with E-state index in [1.54, 1.807) is 14.0 Å². The van der Waals surface area contributed by atoms with Gasteiger partial charge in [-0.1, -0.05) is 22.9 Å². The van der Waals surface area contributed by atoms with Crippen molar-refractivity contribution in [2.24, 2.45) is 5.92 Å². The van der Waals surface area contributed by atoms with Crippen LogP contribution in [0, 0.1) is 5.92 Å². The third-order valence-electron chi connectivity index (χ3n) is 2.40. The van der Waals surface area contributed by atoms with Gasteiger partial charge in [0.1, 0.15) is 5.78 Å². The summed E-state index contributed by atoms with van der Waals surface area (Å²) in [6, 6.07) is 0. The molecule has 0 rings (SSSR count). The molecule has 0 aliphatic carbocycles. The van der Waals surface area contributed by atoms with Gasteiger partial charge in [0.15, 0.2) is 0 Å². The Hall–Kier alpha value is -0.910. The van der Waals surface area contributed by atoms with E-state index in [2.05, 4.69) is 26.6 Å². The largest absolute Gasteiger partial charge is 0.359 e. The van der Waals surface area contributed by atoms with Crippen molar-refractivity contribution in [3.8, 4) is 0 Å². The van der Waals surface area contributed by atoms with Gasteiger partial charge in [-0.2, -0.15) is 0 Å². The maximum absolute atomic E-state index is 11.5. The molecule has 6 heteroatoms. The molecule has 0 aromatic rings. The molecule has 0 bridgehead atoms. The molecule has 1 unspecified atom stereocenters. The van der Waals surface area contributed by atoms with Gasteiger partial charge in [0.2, 0.25) is 11.8 Å². The van der Waals surface area contributed by atoms with Crippen LogP contribution in [-0.2, 0) is 14.4 Å². The summed E-state index contributed by atoms with van der Waals surface area (Å²) < 4.78 is 0. The van der Waals surface area contributed by atoms with Crippen molar-refractivity contribution in [3.05, 3.63) is 0 Å². The van der Waals surface area contributed by atoms with Crippen LogP contribution in [0.2, 0.25) is 0 Å². The molecule has 0 aliphatic heterocycles. The minimum atomic E-state index is -0.349. The Morgan fingerprint density at radius 1 is 1.29 bits per heavy atom. The molecule has 2 N–H and O–H groups in total. The van der Waals surface area contributed by atoms with Crippen LogP contribution in [0.15, 0.2) is 0 Å². The summed E-state index contributed by atoms with van der Waals surface area (Å²) >= 11 is 3.07. The average molecular weight is 307 g/mol. The topological polar surface area (TPSA) is 75.3 Å². The van der Waals surface area contributed by atoms with E-state index in [1.807, 2.05) is 0 Å². The Bertz CT molecular complexity index is 262. The number of halogens is 1. The maximum Gasteiger partial charge on any atom is 0.224 e. The molecule has 0 fully saturated rings. The predicted octanol–water partition coefficient (Wildman–Crippen LogP) is 0.619. The number of ketones is 1. The van der Waals surface area contributed by atoms with Gasteiger partial charge in [0.25, 0.3) is 0 Å². The van der Waals surface area contributed by atoms with Gasteiger partial charge in [0, 0.05) is 26.4 Å². The molecule has 17 heavy (non-hydrogen) atoms. The summed E-state index contributed by atoms with van der Waals surface area (Å²) in [6.45, 7) is 2.03. The second-order valence-corrected chi connectivity index (χ2v) is 4.24. The van der Waals surface area contributed by atoms with Crippen LogP contribution in [0.3, 0.4) is 0 Å². The molecule has 0 spiro atoms. The highest BCUT2D eigenvalue weighted by Gasteiger charge is 2.18. The first-order chi connectivity index (χ1) is 8.04. The van der Waals surface area contributed by atoms with Crippen LogP contribution in [0.4, 0.5) is 0 Å². The number of hydrogen-bond donors (Lipinski definition) is 2. The van der Waals surface area contributed by atoms with E-state index in [9.17, 15) is 14.4 Å². The first-order valence-corrected chi connectivity index (χ1v) is 6.73. The van der Waals surface area contributed by atoms with Crippen LogP contribution < -0.4 is 10.6 Å². The average Bonchev–Trinajstić information content (AvgIpc) is 2.36. The molecular formula is C11H19BrN2O3. The highest BCUT2D eigenvalue weighted by atomic mass is 79.9. The van der Waals surface area contributed by atoms with Gasteiger partial charge in [-0.25, -0.2) is 0 Å². The van der Waals surface area contributed by atoms with Gasteiger partial charge in [0.05, 0.1) is 11.2 Å². The molecule has 1 atom stereocenters. The first kappa shape index (κ1) is 16.1. The SMILES string of the molecule is CCC(=O)NCC(CCC(=O)CBr)C(=O)NC. The van der Waals surface area contributed by atoms with E-state index >= 15 is 0 Å². The highest BCUT2D eigenvalue weighted by molar-refractivity contribution is 9.09. The number of carbonyl (C=O) groups is 3. The Balaban J connectivity index is 4.19. The van der Waals surface area contributed by atoms with Crippen molar-refractivity contribution in [1.82, 2.24) is 10.6 Å². The molecule has 0 saturated heterocycles. The molecule has 0 saturated carbocycles. The van der Waals surface area contributed by atoms with Gasteiger partial charge in [-0.3, -0.25) is 14.4 Å². The number of alkyl halides is 1. The monoisotopic (exact) mass is 306 g/mol. The van der Waals surface area contributed by atoms with Crippen molar-refractivity contribution in [1.29, 1.82) is 0 Å². The summed E-state index contributed by atoms with van der Waals surface area (Å²) in [5, 5.41) is 5.50. The van der Waals surface area contributed by atoms with Gasteiger partial charge < -0.3 is 10.6 Å². The Morgan fingerprint density at radius 2 is 1.94 bits per heavy atom. The summed E-state index contributed by atoms with van der Waals surface area (Å²) in [5.41, 5.74) is 0. The second kappa shape index (κ2) is 9.15. The van der Waals surface area contributed by atoms with Crippen molar-refractivity contribution in [3.63, 3.8) is 0 Å². The van der Waals surface area contributed by atoms with E-state index in [0.29, 0.717) is 24.6 Å². The number of Topliss-reactive ketones (excluding diaryl/α,β-unsaturated/α-hetero) is 1. The highest BCUT2D eigenvalue weighted by Crippen LogP contribution is 2.07. The molecule has 0 aromatic carbocycles. The van der Waals surface area contributed by atoms with Crippen molar-refractivity contribution in [2.45, 2.75) is 26.2 Å².